The summed E-state index contributed by atoms with van der Waals surface area (Å²) in [6.07, 6.45) is 7.51. The Bertz CT molecular complexity index is 1330. The van der Waals surface area contributed by atoms with E-state index in [9.17, 15) is 0 Å². The lowest BCUT2D eigenvalue weighted by Gasteiger charge is -2.35. The minimum absolute atomic E-state index is 0.501. The average Bonchev–Trinajstić information content (AvgIpc) is 2.76. The van der Waals surface area contributed by atoms with Gasteiger partial charge in [0, 0.05) is 11.5 Å². The van der Waals surface area contributed by atoms with E-state index in [-0.39, 0.29) is 0 Å². The Morgan fingerprint density at radius 1 is 0.812 bits per heavy atom. The Kier molecular flexibility index (Phi) is 5.12. The van der Waals surface area contributed by atoms with Crippen LogP contribution in [0.5, 0.6) is 0 Å². The Balaban J connectivity index is 1.72. The molecule has 0 N–H and O–H groups in total. The maximum atomic E-state index is 2.43. The number of fused-ring (bicyclic) bond motifs is 3. The Morgan fingerprint density at radius 3 is 2.25 bits per heavy atom. The van der Waals surface area contributed by atoms with Gasteiger partial charge in [0.15, 0.2) is 6.20 Å². The molecule has 32 heavy (non-hydrogen) atoms. The second-order valence-corrected chi connectivity index (χ2v) is 10.9. The lowest BCUT2D eigenvalue weighted by molar-refractivity contribution is -0.659. The largest absolute Gasteiger partial charge is 0.220 e. The Labute approximate surface area is 193 Å². The van der Waals surface area contributed by atoms with Gasteiger partial charge in [0.05, 0.1) is 10.9 Å². The number of hydrogen-bond donors (Lipinski definition) is 0. The maximum Gasteiger partial charge on any atom is 0.220 e. The summed E-state index contributed by atoms with van der Waals surface area (Å²) in [5, 5.41) is 5.56. The van der Waals surface area contributed by atoms with Crippen molar-refractivity contribution in [1.82, 2.24) is 0 Å². The van der Waals surface area contributed by atoms with E-state index in [0.717, 1.165) is 0 Å². The van der Waals surface area contributed by atoms with Crippen LogP contribution >= 0.6 is 0 Å². The summed E-state index contributed by atoms with van der Waals surface area (Å²) in [7, 11) is 2.18. The third-order valence-electron chi connectivity index (χ3n) is 8.06. The first-order chi connectivity index (χ1) is 15.2. The molecule has 5 rings (SSSR count). The summed E-state index contributed by atoms with van der Waals surface area (Å²) >= 11 is 0. The molecule has 1 heterocycles. The van der Waals surface area contributed by atoms with Crippen LogP contribution < -0.4 is 4.57 Å². The Hall–Kier alpha value is -2.67. The van der Waals surface area contributed by atoms with Crippen molar-refractivity contribution in [2.75, 3.05) is 0 Å². The van der Waals surface area contributed by atoms with Gasteiger partial charge in [-0.2, -0.15) is 0 Å². The van der Waals surface area contributed by atoms with Crippen molar-refractivity contribution in [1.29, 1.82) is 0 Å². The zero-order valence-electron chi connectivity index (χ0n) is 20.5. The normalized spacial score (nSPS) is 16.7. The van der Waals surface area contributed by atoms with E-state index in [1.807, 2.05) is 0 Å². The van der Waals surface area contributed by atoms with Crippen molar-refractivity contribution in [2.24, 2.45) is 12.5 Å². The second kappa shape index (κ2) is 7.73. The van der Waals surface area contributed by atoms with Crippen molar-refractivity contribution < 1.29 is 4.57 Å². The highest BCUT2D eigenvalue weighted by molar-refractivity contribution is 6.11. The first-order valence-corrected chi connectivity index (χ1v) is 12.2. The lowest BCUT2D eigenvalue weighted by Crippen LogP contribution is -2.30. The van der Waals surface area contributed by atoms with Gasteiger partial charge in [-0.15, -0.1) is 0 Å². The molecule has 4 aromatic rings. The number of hydrogen-bond acceptors (Lipinski definition) is 0. The van der Waals surface area contributed by atoms with Crippen LogP contribution in [0.2, 0.25) is 0 Å². The molecule has 1 aliphatic rings. The third kappa shape index (κ3) is 3.52. The molecule has 164 valence electrons. The summed E-state index contributed by atoms with van der Waals surface area (Å²) in [4.78, 5) is 0. The molecule has 1 fully saturated rings. The molecule has 0 amide bonds. The minimum atomic E-state index is 0.501. The summed E-state index contributed by atoms with van der Waals surface area (Å²) in [5.41, 5.74) is 8.78. The molecule has 0 radical (unpaired) electrons. The molecule has 1 heteroatoms. The van der Waals surface area contributed by atoms with E-state index in [1.54, 1.807) is 5.56 Å². The fourth-order valence-electron chi connectivity index (χ4n) is 5.93. The van der Waals surface area contributed by atoms with Gasteiger partial charge >= 0.3 is 0 Å². The van der Waals surface area contributed by atoms with E-state index in [1.165, 1.54) is 75.2 Å². The molecular weight excluding hydrogens is 386 g/mol. The lowest BCUT2D eigenvalue weighted by atomic mass is 9.70. The van der Waals surface area contributed by atoms with Gasteiger partial charge in [-0.1, -0.05) is 49.7 Å². The van der Waals surface area contributed by atoms with Gasteiger partial charge in [-0.25, -0.2) is 4.57 Å². The van der Waals surface area contributed by atoms with Gasteiger partial charge in [0.2, 0.25) is 5.69 Å². The van der Waals surface area contributed by atoms with Crippen LogP contribution in [0.25, 0.3) is 32.8 Å². The molecule has 1 nitrogen and oxygen atoms in total. The number of nitrogens with zero attached hydrogens (tertiary/aromatic N) is 1. The SMILES string of the molecule is Cc1cc(C)c(C)c(-c2c3ccc4c(C5CCC(C)(C)CC5)cccc4c3cc[n+]2C)c1. The first kappa shape index (κ1) is 21.2. The van der Waals surface area contributed by atoms with Gasteiger partial charge in [-0.05, 0) is 97.4 Å². The third-order valence-corrected chi connectivity index (χ3v) is 8.06. The first-order valence-electron chi connectivity index (χ1n) is 12.2. The monoisotopic (exact) mass is 422 g/mol. The quantitative estimate of drug-likeness (QED) is 0.227. The topological polar surface area (TPSA) is 3.88 Å². The van der Waals surface area contributed by atoms with E-state index in [2.05, 4.69) is 101 Å². The number of rotatable bonds is 2. The molecule has 0 atom stereocenters. The highest BCUT2D eigenvalue weighted by atomic mass is 14.9. The molecule has 0 unspecified atom stereocenters. The molecule has 0 spiro atoms. The number of aromatic nitrogens is 1. The van der Waals surface area contributed by atoms with Gasteiger partial charge in [-0.3, -0.25) is 0 Å². The van der Waals surface area contributed by atoms with E-state index in [0.29, 0.717) is 11.3 Å². The van der Waals surface area contributed by atoms with Crippen LogP contribution in [0.4, 0.5) is 0 Å². The fourth-order valence-corrected chi connectivity index (χ4v) is 5.93. The van der Waals surface area contributed by atoms with Gasteiger partial charge < -0.3 is 0 Å². The molecule has 0 bridgehead atoms. The summed E-state index contributed by atoms with van der Waals surface area (Å²) in [5.74, 6) is 0.685. The van der Waals surface area contributed by atoms with Crippen molar-refractivity contribution in [3.63, 3.8) is 0 Å². The minimum Gasteiger partial charge on any atom is -0.200 e. The highest BCUT2D eigenvalue weighted by Gasteiger charge is 2.28. The summed E-state index contributed by atoms with van der Waals surface area (Å²) < 4.78 is 2.29. The predicted octanol–water partition coefficient (Wildman–Crippen LogP) is 8.09. The zero-order valence-corrected chi connectivity index (χ0v) is 20.5. The predicted molar refractivity (Wildman–Crippen MR) is 137 cm³/mol. The molecule has 3 aromatic carbocycles. The van der Waals surface area contributed by atoms with Crippen LogP contribution in [-0.2, 0) is 7.05 Å². The van der Waals surface area contributed by atoms with E-state index < -0.39 is 0 Å². The fraction of sp³-hybridized carbons (Fsp3) is 0.387. The van der Waals surface area contributed by atoms with Gasteiger partial charge in [0.25, 0.3) is 0 Å². The molecule has 0 saturated heterocycles. The smallest absolute Gasteiger partial charge is 0.200 e. The molecule has 1 aliphatic carbocycles. The second-order valence-electron chi connectivity index (χ2n) is 10.9. The maximum absolute atomic E-state index is 2.43. The standard InChI is InChI=1S/C31H36N/c1-20-18-21(2)22(3)29(19-20)30-28-11-10-26-24(23-12-15-31(4,5)16-13-23)8-7-9-25(26)27(28)14-17-32(30)6/h7-11,14,17-19,23H,12-13,15-16H2,1-6H3/q+1. The van der Waals surface area contributed by atoms with Crippen LogP contribution in [0.1, 0.15) is 67.7 Å². The van der Waals surface area contributed by atoms with E-state index in [4.69, 9.17) is 0 Å². The van der Waals surface area contributed by atoms with Crippen LogP contribution in [0, 0.1) is 26.2 Å². The Morgan fingerprint density at radius 2 is 1.50 bits per heavy atom. The van der Waals surface area contributed by atoms with Crippen LogP contribution in [0.15, 0.2) is 54.7 Å². The molecule has 1 saturated carbocycles. The number of pyridine rings is 1. The van der Waals surface area contributed by atoms with Crippen LogP contribution in [-0.4, -0.2) is 0 Å². The highest BCUT2D eigenvalue weighted by Crippen LogP contribution is 2.45. The van der Waals surface area contributed by atoms with Crippen molar-refractivity contribution >= 4 is 21.5 Å². The van der Waals surface area contributed by atoms with Crippen molar-refractivity contribution in [3.8, 4) is 11.3 Å². The van der Waals surface area contributed by atoms with Crippen molar-refractivity contribution in [3.05, 3.63) is 77.0 Å². The number of aryl methyl sites for hydroxylation is 3. The van der Waals surface area contributed by atoms with Crippen molar-refractivity contribution in [2.45, 2.75) is 66.2 Å². The number of benzene rings is 3. The molecular formula is C31H36N+. The molecule has 0 aliphatic heterocycles. The van der Waals surface area contributed by atoms with E-state index >= 15 is 0 Å². The summed E-state index contributed by atoms with van der Waals surface area (Å²) in [6, 6.07) is 18.7. The average molecular weight is 423 g/mol. The summed E-state index contributed by atoms with van der Waals surface area (Å²) in [6.45, 7) is 11.5. The molecule has 1 aromatic heterocycles. The zero-order chi connectivity index (χ0) is 22.6. The van der Waals surface area contributed by atoms with Crippen LogP contribution in [0.3, 0.4) is 0 Å². The van der Waals surface area contributed by atoms with Gasteiger partial charge in [0.1, 0.15) is 7.05 Å².